The fraction of sp³-hybridized carbons (Fsp3) is 0.182. The second-order valence-electron chi connectivity index (χ2n) is 9.70. The molecule has 0 bridgehead atoms. The number of methoxy groups -OCH3 is 2. The van der Waals surface area contributed by atoms with E-state index in [1.54, 1.807) is 60.9 Å². The quantitative estimate of drug-likeness (QED) is 0.164. The van der Waals surface area contributed by atoms with Crippen molar-refractivity contribution in [1.82, 2.24) is 9.88 Å². The lowest BCUT2D eigenvalue weighted by Crippen LogP contribution is -2.29. The number of aliphatic hydroxyl groups excluding tert-OH is 1. The highest BCUT2D eigenvalue weighted by Crippen LogP contribution is 2.42. The Bertz CT molecular complexity index is 1600. The lowest BCUT2D eigenvalue weighted by atomic mass is 9.94. The number of amides is 1. The lowest BCUT2D eigenvalue weighted by Gasteiger charge is -2.26. The van der Waals surface area contributed by atoms with Gasteiger partial charge in [0, 0.05) is 24.5 Å². The molecule has 5 rings (SSSR count). The fourth-order valence-corrected chi connectivity index (χ4v) is 4.93. The minimum absolute atomic E-state index is 0.0143. The zero-order valence-corrected chi connectivity index (χ0v) is 23.0. The number of rotatable bonds is 9. The monoisotopic (exact) mass is 550 g/mol. The maximum atomic E-state index is 13.4. The molecule has 1 aliphatic heterocycles. The minimum Gasteiger partial charge on any atom is -0.507 e. The molecule has 0 radical (unpaired) electrons. The number of hydrogen-bond donors (Lipinski definition) is 1. The Hall–Kier alpha value is -5.11. The van der Waals surface area contributed by atoms with Crippen molar-refractivity contribution in [1.29, 1.82) is 0 Å². The number of ether oxygens (including phenoxy) is 3. The second-order valence-corrected chi connectivity index (χ2v) is 9.70. The first-order chi connectivity index (χ1) is 19.9. The number of aromatic nitrogens is 1. The molecule has 1 aromatic heterocycles. The summed E-state index contributed by atoms with van der Waals surface area (Å²) in [6.07, 6.45) is 3.28. The molecule has 0 unspecified atom stereocenters. The summed E-state index contributed by atoms with van der Waals surface area (Å²) in [6, 6.07) is 22.7. The summed E-state index contributed by atoms with van der Waals surface area (Å²) in [7, 11) is 3.04. The zero-order valence-electron chi connectivity index (χ0n) is 23.0. The smallest absolute Gasteiger partial charge is 0.295 e. The van der Waals surface area contributed by atoms with Gasteiger partial charge in [-0.15, -0.1) is 0 Å². The molecule has 41 heavy (non-hydrogen) atoms. The standard InChI is InChI=1S/C33H30N2O6/c1-21-6-4-7-22(16-21)20-41-26-12-9-24(10-13-26)31(36)29-30(25-11-14-27(39-2)28(17-25)40-3)35(33(38)32(29)37)19-23-8-5-15-34-18-23/h4-18,30,36H,19-20H2,1-3H3/b31-29+/t30-/m1/s1. The van der Waals surface area contributed by atoms with Crippen molar-refractivity contribution < 1.29 is 28.9 Å². The summed E-state index contributed by atoms with van der Waals surface area (Å²) >= 11 is 0. The largest absolute Gasteiger partial charge is 0.507 e. The topological polar surface area (TPSA) is 98.2 Å². The minimum atomic E-state index is -0.868. The average molecular weight is 551 g/mol. The molecule has 1 saturated heterocycles. The predicted molar refractivity (Wildman–Crippen MR) is 154 cm³/mol. The molecular weight excluding hydrogens is 520 g/mol. The molecule has 4 aromatic rings. The van der Waals surface area contributed by atoms with Gasteiger partial charge in [0.1, 0.15) is 18.1 Å². The molecule has 2 heterocycles. The maximum absolute atomic E-state index is 13.4. The average Bonchev–Trinajstić information content (AvgIpc) is 3.25. The van der Waals surface area contributed by atoms with E-state index in [4.69, 9.17) is 14.2 Å². The van der Waals surface area contributed by atoms with Crippen LogP contribution in [0.4, 0.5) is 0 Å². The summed E-state index contributed by atoms with van der Waals surface area (Å²) in [5.41, 5.74) is 3.90. The Morgan fingerprint density at radius 1 is 0.902 bits per heavy atom. The van der Waals surface area contributed by atoms with Gasteiger partial charge in [-0.3, -0.25) is 14.6 Å². The molecule has 8 nitrogen and oxygen atoms in total. The number of pyridine rings is 1. The number of aliphatic hydroxyl groups is 1. The van der Waals surface area contributed by atoms with E-state index in [-0.39, 0.29) is 17.9 Å². The van der Waals surface area contributed by atoms with Gasteiger partial charge in [-0.2, -0.15) is 0 Å². The summed E-state index contributed by atoms with van der Waals surface area (Å²) in [5.74, 6) is -0.216. The van der Waals surface area contributed by atoms with Crippen LogP contribution in [0.5, 0.6) is 17.2 Å². The van der Waals surface area contributed by atoms with Crippen LogP contribution in [0, 0.1) is 6.92 Å². The third-order valence-electron chi connectivity index (χ3n) is 6.95. The van der Waals surface area contributed by atoms with Gasteiger partial charge >= 0.3 is 0 Å². The zero-order chi connectivity index (χ0) is 28.9. The highest BCUT2D eigenvalue weighted by molar-refractivity contribution is 6.46. The SMILES string of the molecule is COc1ccc([C@@H]2/C(=C(\O)c3ccc(OCc4cccc(C)c4)cc3)C(=O)C(=O)N2Cc2cccnc2)cc1OC. The number of hydrogen-bond acceptors (Lipinski definition) is 7. The summed E-state index contributed by atoms with van der Waals surface area (Å²) in [4.78, 5) is 32.4. The highest BCUT2D eigenvalue weighted by Gasteiger charge is 2.46. The van der Waals surface area contributed by atoms with E-state index >= 15 is 0 Å². The maximum Gasteiger partial charge on any atom is 0.295 e. The van der Waals surface area contributed by atoms with Crippen LogP contribution in [-0.2, 0) is 22.7 Å². The van der Waals surface area contributed by atoms with Crippen molar-refractivity contribution in [2.75, 3.05) is 14.2 Å². The second kappa shape index (κ2) is 12.0. The Kier molecular flexibility index (Phi) is 8.01. The van der Waals surface area contributed by atoms with Gasteiger partial charge in [0.25, 0.3) is 11.7 Å². The number of nitrogens with zero attached hydrogens (tertiary/aromatic N) is 2. The number of ketones is 1. The normalized spacial score (nSPS) is 16.1. The van der Waals surface area contributed by atoms with E-state index in [0.29, 0.717) is 35.0 Å². The van der Waals surface area contributed by atoms with E-state index in [0.717, 1.165) is 16.7 Å². The van der Waals surface area contributed by atoms with Crippen molar-refractivity contribution in [2.45, 2.75) is 26.1 Å². The number of aryl methyl sites for hydroxylation is 1. The number of Topliss-reactive ketones (excluding diaryl/α,β-unsaturated/α-hetero) is 1. The third-order valence-corrected chi connectivity index (χ3v) is 6.95. The van der Waals surface area contributed by atoms with Crippen LogP contribution in [0.15, 0.2) is 96.8 Å². The van der Waals surface area contributed by atoms with Crippen LogP contribution in [0.2, 0.25) is 0 Å². The van der Waals surface area contributed by atoms with Crippen LogP contribution < -0.4 is 14.2 Å². The van der Waals surface area contributed by atoms with Gasteiger partial charge in [0.15, 0.2) is 11.5 Å². The van der Waals surface area contributed by atoms with Crippen molar-refractivity contribution in [3.8, 4) is 17.2 Å². The Balaban J connectivity index is 1.51. The molecule has 1 N–H and O–H groups in total. The van der Waals surface area contributed by atoms with Crippen molar-refractivity contribution in [2.24, 2.45) is 0 Å². The molecular formula is C33H30N2O6. The summed E-state index contributed by atoms with van der Waals surface area (Å²) in [5, 5.41) is 11.5. The number of likely N-dealkylation sites (tertiary alicyclic amines) is 1. The fourth-order valence-electron chi connectivity index (χ4n) is 4.93. The van der Waals surface area contributed by atoms with E-state index in [1.807, 2.05) is 31.2 Å². The molecule has 1 aliphatic rings. The molecule has 1 fully saturated rings. The Labute approximate surface area is 238 Å². The molecule has 0 spiro atoms. The molecule has 0 saturated carbocycles. The molecule has 1 amide bonds. The molecule has 0 aliphatic carbocycles. The molecule has 208 valence electrons. The summed E-state index contributed by atoms with van der Waals surface area (Å²) < 4.78 is 16.8. The molecule has 8 heteroatoms. The van der Waals surface area contributed by atoms with E-state index in [1.165, 1.54) is 19.1 Å². The van der Waals surface area contributed by atoms with Crippen LogP contribution in [0.3, 0.4) is 0 Å². The lowest BCUT2D eigenvalue weighted by molar-refractivity contribution is -0.140. The van der Waals surface area contributed by atoms with Crippen molar-refractivity contribution >= 4 is 17.4 Å². The number of benzene rings is 3. The van der Waals surface area contributed by atoms with Crippen LogP contribution in [-0.4, -0.2) is 40.9 Å². The third kappa shape index (κ3) is 5.77. The van der Waals surface area contributed by atoms with Gasteiger partial charge < -0.3 is 24.2 Å². The van der Waals surface area contributed by atoms with E-state index < -0.39 is 17.7 Å². The van der Waals surface area contributed by atoms with Gasteiger partial charge in [-0.1, -0.05) is 42.0 Å². The molecule has 3 aromatic carbocycles. The number of carbonyl (C=O) groups excluding carboxylic acids is 2. The first kappa shape index (κ1) is 27.5. The van der Waals surface area contributed by atoms with E-state index in [9.17, 15) is 14.7 Å². The van der Waals surface area contributed by atoms with Crippen molar-refractivity contribution in [3.05, 3.63) is 125 Å². The first-order valence-electron chi connectivity index (χ1n) is 13.1. The number of carbonyl (C=O) groups is 2. The Morgan fingerprint density at radius 3 is 2.34 bits per heavy atom. The first-order valence-corrected chi connectivity index (χ1v) is 13.1. The van der Waals surface area contributed by atoms with Crippen LogP contribution in [0.1, 0.15) is 33.9 Å². The van der Waals surface area contributed by atoms with Crippen molar-refractivity contribution in [3.63, 3.8) is 0 Å². The summed E-state index contributed by atoms with van der Waals surface area (Å²) in [6.45, 7) is 2.54. The van der Waals surface area contributed by atoms with Crippen LogP contribution >= 0.6 is 0 Å². The van der Waals surface area contributed by atoms with Gasteiger partial charge in [0.2, 0.25) is 0 Å². The van der Waals surface area contributed by atoms with Gasteiger partial charge in [-0.05, 0) is 66.1 Å². The molecule has 1 atom stereocenters. The Morgan fingerprint density at radius 2 is 1.66 bits per heavy atom. The predicted octanol–water partition coefficient (Wildman–Crippen LogP) is 5.61. The van der Waals surface area contributed by atoms with Crippen LogP contribution in [0.25, 0.3) is 5.76 Å². The van der Waals surface area contributed by atoms with Gasteiger partial charge in [0.05, 0.1) is 25.8 Å². The highest BCUT2D eigenvalue weighted by atomic mass is 16.5. The van der Waals surface area contributed by atoms with Gasteiger partial charge in [-0.25, -0.2) is 0 Å². The van der Waals surface area contributed by atoms with E-state index in [2.05, 4.69) is 11.1 Å².